The van der Waals surface area contributed by atoms with E-state index in [1.165, 1.54) is 0 Å². The maximum atomic E-state index is 6.45. The average molecular weight is 746 g/mol. The van der Waals surface area contributed by atoms with Gasteiger partial charge in [0.25, 0.3) is 0 Å². The number of pyridine rings is 2. The summed E-state index contributed by atoms with van der Waals surface area (Å²) in [5, 5.41) is 5.36. The van der Waals surface area contributed by atoms with E-state index >= 15 is 0 Å². The first-order valence-corrected chi connectivity index (χ1v) is 14.2. The Kier molecular flexibility index (Phi) is 6.28. The third kappa shape index (κ3) is 4.12. The van der Waals surface area contributed by atoms with Gasteiger partial charge in [0.15, 0.2) is 0 Å². The van der Waals surface area contributed by atoms with Crippen molar-refractivity contribution in [1.82, 2.24) is 18.9 Å². The average Bonchev–Trinajstić information content (AvgIpc) is 3.66. The van der Waals surface area contributed by atoms with E-state index in [0.717, 1.165) is 66.2 Å². The molecule has 6 heteroatoms. The van der Waals surface area contributed by atoms with Gasteiger partial charge in [0.1, 0.15) is 5.82 Å². The van der Waals surface area contributed by atoms with E-state index in [4.69, 9.17) is 9.72 Å². The van der Waals surface area contributed by atoms with Crippen molar-refractivity contribution in [3.05, 3.63) is 146 Å². The minimum Gasteiger partial charge on any atom is -0.503 e. The second-order valence-corrected chi connectivity index (χ2v) is 10.5. The van der Waals surface area contributed by atoms with E-state index in [-0.39, 0.29) is 21.1 Å². The minimum atomic E-state index is 0. The standard InChI is InChI=1S/C38H22N4O.Pt/c1-2-10-25(11-3-1)33-24-41-34-14-6-4-12-29(34)28-19-17-26(22-32(28)38(41)40-33)43-27-18-20-31-30-13-5-7-15-35(30)42(36(31)23-27)37-16-8-9-21-39-37;/h1-21,24H;/q-2;+2. The van der Waals surface area contributed by atoms with Gasteiger partial charge in [-0.15, -0.1) is 29.7 Å². The van der Waals surface area contributed by atoms with Gasteiger partial charge in [-0.1, -0.05) is 95.2 Å². The summed E-state index contributed by atoms with van der Waals surface area (Å²) in [5.74, 6) is 2.04. The van der Waals surface area contributed by atoms with Crippen molar-refractivity contribution in [3.63, 3.8) is 0 Å². The number of hydrogen-bond donors (Lipinski definition) is 0. The van der Waals surface area contributed by atoms with Gasteiger partial charge in [-0.25, -0.2) is 4.98 Å². The first kappa shape index (κ1) is 26.4. The summed E-state index contributed by atoms with van der Waals surface area (Å²) in [6.07, 6.45) is 3.91. The molecular formula is C38H22N4OPt. The minimum absolute atomic E-state index is 0. The number of hydrogen-bond acceptors (Lipinski definition) is 3. The Hall–Kier alpha value is -5.25. The smallest absolute Gasteiger partial charge is 0.503 e. The zero-order valence-electron chi connectivity index (χ0n) is 23.2. The summed E-state index contributed by atoms with van der Waals surface area (Å²) < 4.78 is 10.7. The Morgan fingerprint density at radius 3 is 2.07 bits per heavy atom. The Morgan fingerprint density at radius 2 is 1.27 bits per heavy atom. The fourth-order valence-corrected chi connectivity index (χ4v) is 6.11. The largest absolute Gasteiger partial charge is 2.00 e. The van der Waals surface area contributed by atoms with E-state index in [1.807, 2.05) is 60.8 Å². The molecule has 44 heavy (non-hydrogen) atoms. The molecule has 0 radical (unpaired) electrons. The van der Waals surface area contributed by atoms with Crippen LogP contribution in [0, 0.1) is 12.1 Å². The van der Waals surface area contributed by atoms with Gasteiger partial charge in [-0.3, -0.25) is 4.98 Å². The molecule has 0 saturated heterocycles. The van der Waals surface area contributed by atoms with Gasteiger partial charge in [0, 0.05) is 40.5 Å². The number of aromatic nitrogens is 4. The molecule has 0 saturated carbocycles. The summed E-state index contributed by atoms with van der Waals surface area (Å²) in [6.45, 7) is 0. The first-order chi connectivity index (χ1) is 21.3. The van der Waals surface area contributed by atoms with Gasteiger partial charge in [0.05, 0.1) is 11.3 Å². The predicted molar refractivity (Wildman–Crippen MR) is 172 cm³/mol. The molecule has 0 aliphatic carbocycles. The normalized spacial score (nSPS) is 11.5. The third-order valence-electron chi connectivity index (χ3n) is 8.03. The molecule has 5 aromatic carbocycles. The quantitative estimate of drug-likeness (QED) is 0.133. The van der Waals surface area contributed by atoms with Crippen LogP contribution in [0.5, 0.6) is 11.5 Å². The van der Waals surface area contributed by atoms with Crippen molar-refractivity contribution < 1.29 is 25.8 Å². The molecule has 0 N–H and O–H groups in total. The van der Waals surface area contributed by atoms with Crippen molar-refractivity contribution in [2.24, 2.45) is 0 Å². The number of imidazole rings is 1. The van der Waals surface area contributed by atoms with Crippen LogP contribution in [-0.4, -0.2) is 18.9 Å². The summed E-state index contributed by atoms with van der Waals surface area (Å²) >= 11 is 0. The van der Waals surface area contributed by atoms with Crippen molar-refractivity contribution >= 4 is 49.1 Å². The molecule has 4 heterocycles. The van der Waals surface area contributed by atoms with Crippen LogP contribution in [0.1, 0.15) is 0 Å². The molecule has 0 amide bonds. The number of benzene rings is 5. The fraction of sp³-hybridized carbons (Fsp3) is 0. The fourth-order valence-electron chi connectivity index (χ4n) is 6.11. The van der Waals surface area contributed by atoms with Crippen LogP contribution < -0.4 is 4.74 Å². The zero-order chi connectivity index (χ0) is 28.3. The number of para-hydroxylation sites is 2. The summed E-state index contributed by atoms with van der Waals surface area (Å²) in [6, 6.07) is 48.2. The van der Waals surface area contributed by atoms with Gasteiger partial charge in [0.2, 0.25) is 0 Å². The summed E-state index contributed by atoms with van der Waals surface area (Å²) in [5.41, 5.74) is 5.91. The maximum absolute atomic E-state index is 6.45. The molecule has 0 fully saturated rings. The van der Waals surface area contributed by atoms with Crippen molar-refractivity contribution in [1.29, 1.82) is 0 Å². The summed E-state index contributed by atoms with van der Waals surface area (Å²) in [7, 11) is 0. The molecule has 0 bridgehead atoms. The molecule has 0 aliphatic rings. The second kappa shape index (κ2) is 10.5. The molecule has 5 nitrogen and oxygen atoms in total. The van der Waals surface area contributed by atoms with Crippen molar-refractivity contribution in [2.45, 2.75) is 0 Å². The monoisotopic (exact) mass is 745 g/mol. The molecule has 210 valence electrons. The van der Waals surface area contributed by atoms with Gasteiger partial charge in [-0.2, -0.15) is 6.07 Å². The van der Waals surface area contributed by atoms with E-state index in [9.17, 15) is 0 Å². The molecule has 0 spiro atoms. The molecule has 9 aromatic rings. The Balaban J connectivity index is 0.00000289. The van der Waals surface area contributed by atoms with E-state index < -0.39 is 0 Å². The van der Waals surface area contributed by atoms with E-state index in [1.54, 1.807) is 0 Å². The van der Waals surface area contributed by atoms with Crippen molar-refractivity contribution in [2.75, 3.05) is 0 Å². The van der Waals surface area contributed by atoms with E-state index in [0.29, 0.717) is 11.5 Å². The van der Waals surface area contributed by atoms with Crippen LogP contribution in [0.4, 0.5) is 0 Å². The zero-order valence-corrected chi connectivity index (χ0v) is 25.5. The maximum Gasteiger partial charge on any atom is 2.00 e. The molecule has 9 rings (SSSR count). The van der Waals surface area contributed by atoms with Crippen LogP contribution in [0.25, 0.3) is 66.2 Å². The van der Waals surface area contributed by atoms with Crippen LogP contribution in [-0.2, 0) is 21.1 Å². The first-order valence-electron chi connectivity index (χ1n) is 14.2. The van der Waals surface area contributed by atoms with Gasteiger partial charge >= 0.3 is 21.1 Å². The predicted octanol–water partition coefficient (Wildman–Crippen LogP) is 9.19. The number of ether oxygens (including phenoxy) is 1. The van der Waals surface area contributed by atoms with Gasteiger partial charge in [-0.05, 0) is 35.0 Å². The molecule has 4 aromatic heterocycles. The third-order valence-corrected chi connectivity index (χ3v) is 8.03. The topological polar surface area (TPSA) is 44.3 Å². The Labute approximate surface area is 267 Å². The number of nitrogens with zero attached hydrogens (tertiary/aromatic N) is 4. The molecule has 0 unspecified atom stereocenters. The second-order valence-electron chi connectivity index (χ2n) is 10.5. The number of rotatable bonds is 4. The Morgan fingerprint density at radius 1 is 0.591 bits per heavy atom. The van der Waals surface area contributed by atoms with Crippen LogP contribution in [0.2, 0.25) is 0 Å². The van der Waals surface area contributed by atoms with Crippen LogP contribution in [0.3, 0.4) is 0 Å². The van der Waals surface area contributed by atoms with E-state index in [2.05, 4.69) is 99.0 Å². The molecular weight excluding hydrogens is 724 g/mol. The van der Waals surface area contributed by atoms with Gasteiger partial charge < -0.3 is 13.7 Å². The van der Waals surface area contributed by atoms with Crippen molar-refractivity contribution in [3.8, 4) is 28.6 Å². The SMILES string of the molecule is [Pt+2].[c-]1c(Oc2[c-]c3c(cc2)c2ccccc2n3-c2ccccn2)ccc2c1c1nc(-c3ccccc3)cn1c1ccccc21. The van der Waals surface area contributed by atoms with Crippen LogP contribution in [0.15, 0.2) is 134 Å². The molecule has 0 atom stereocenters. The van der Waals surface area contributed by atoms with Crippen LogP contribution >= 0.6 is 0 Å². The summed E-state index contributed by atoms with van der Waals surface area (Å²) in [4.78, 5) is 9.71. The number of fused-ring (bicyclic) bond motifs is 9. The Bertz CT molecular complexity index is 2480. The molecule has 0 aliphatic heterocycles.